The van der Waals surface area contributed by atoms with Crippen molar-refractivity contribution in [1.82, 2.24) is 0 Å². The van der Waals surface area contributed by atoms with E-state index in [4.69, 9.17) is 11.6 Å². The second-order valence-electron chi connectivity index (χ2n) is 4.59. The van der Waals surface area contributed by atoms with Crippen LogP contribution >= 0.6 is 11.6 Å². The van der Waals surface area contributed by atoms with Crippen molar-refractivity contribution < 1.29 is 4.79 Å². The van der Waals surface area contributed by atoms with Gasteiger partial charge >= 0.3 is 0 Å². The van der Waals surface area contributed by atoms with Crippen molar-refractivity contribution >= 4 is 23.2 Å². The maximum absolute atomic E-state index is 12.2. The molecule has 0 radical (unpaired) electrons. The Hall–Kier alpha value is -1.80. The first kappa shape index (κ1) is 13.6. The lowest BCUT2D eigenvalue weighted by Gasteiger charge is -2.13. The molecule has 0 saturated carbocycles. The molecule has 0 spiro atoms. The normalized spacial score (nSPS) is 11.9. The van der Waals surface area contributed by atoms with Gasteiger partial charge in [-0.2, -0.15) is 0 Å². The van der Waals surface area contributed by atoms with Crippen molar-refractivity contribution in [2.24, 2.45) is 0 Å². The average molecular weight is 274 g/mol. The van der Waals surface area contributed by atoms with Crippen LogP contribution in [0.15, 0.2) is 48.5 Å². The van der Waals surface area contributed by atoms with Crippen molar-refractivity contribution in [2.75, 3.05) is 5.32 Å². The first-order valence-corrected chi connectivity index (χ1v) is 6.57. The number of amides is 1. The van der Waals surface area contributed by atoms with Gasteiger partial charge in [0, 0.05) is 10.7 Å². The van der Waals surface area contributed by atoms with Crippen LogP contribution in [0.25, 0.3) is 0 Å². The fourth-order valence-corrected chi connectivity index (χ4v) is 1.99. The molecule has 0 aliphatic heterocycles. The molecular weight excluding hydrogens is 258 g/mol. The number of hydrogen-bond donors (Lipinski definition) is 1. The van der Waals surface area contributed by atoms with Crippen molar-refractivity contribution in [3.8, 4) is 0 Å². The Kier molecular flexibility index (Phi) is 4.23. The second kappa shape index (κ2) is 5.89. The summed E-state index contributed by atoms with van der Waals surface area (Å²) in [6, 6.07) is 15.2. The molecule has 0 fully saturated rings. The van der Waals surface area contributed by atoms with Crippen LogP contribution in [-0.4, -0.2) is 5.91 Å². The van der Waals surface area contributed by atoms with Crippen molar-refractivity contribution in [2.45, 2.75) is 19.8 Å². The Morgan fingerprint density at radius 1 is 1.16 bits per heavy atom. The van der Waals surface area contributed by atoms with Gasteiger partial charge in [-0.1, -0.05) is 48.0 Å². The Balaban J connectivity index is 2.10. The molecule has 0 aliphatic rings. The van der Waals surface area contributed by atoms with Gasteiger partial charge in [0.1, 0.15) is 0 Å². The molecule has 2 aromatic carbocycles. The largest absolute Gasteiger partial charge is 0.326 e. The van der Waals surface area contributed by atoms with Crippen LogP contribution in [0.3, 0.4) is 0 Å². The summed E-state index contributed by atoms with van der Waals surface area (Å²) in [6.07, 6.45) is 0. The predicted octanol–water partition coefficient (Wildman–Crippen LogP) is 4.39. The minimum atomic E-state index is -0.193. The molecule has 0 unspecified atom stereocenters. The van der Waals surface area contributed by atoms with Gasteiger partial charge in [-0.15, -0.1) is 0 Å². The topological polar surface area (TPSA) is 29.1 Å². The number of halogens is 1. The highest BCUT2D eigenvalue weighted by atomic mass is 35.5. The van der Waals surface area contributed by atoms with E-state index in [2.05, 4.69) is 5.32 Å². The molecule has 2 aromatic rings. The zero-order valence-corrected chi connectivity index (χ0v) is 11.7. The number of carbonyl (C=O) groups excluding carboxylic acids is 1. The van der Waals surface area contributed by atoms with Gasteiger partial charge in [-0.05, 0) is 37.1 Å². The molecule has 2 nitrogen and oxygen atoms in total. The van der Waals surface area contributed by atoms with Crippen LogP contribution in [0, 0.1) is 6.92 Å². The third-order valence-corrected chi connectivity index (χ3v) is 3.54. The van der Waals surface area contributed by atoms with E-state index in [-0.39, 0.29) is 11.8 Å². The number of rotatable bonds is 3. The van der Waals surface area contributed by atoms with Gasteiger partial charge in [0.05, 0.1) is 5.92 Å². The van der Waals surface area contributed by atoms with Crippen LogP contribution < -0.4 is 5.32 Å². The summed E-state index contributed by atoms with van der Waals surface area (Å²) in [7, 11) is 0. The van der Waals surface area contributed by atoms with Crippen molar-refractivity contribution in [3.05, 3.63) is 64.7 Å². The molecule has 0 saturated heterocycles. The molecule has 0 aromatic heterocycles. The van der Waals surface area contributed by atoms with Gasteiger partial charge in [0.25, 0.3) is 0 Å². The first-order chi connectivity index (χ1) is 9.08. The number of nitrogens with one attached hydrogen (secondary N) is 1. The van der Waals surface area contributed by atoms with E-state index in [1.807, 2.05) is 56.3 Å². The summed E-state index contributed by atoms with van der Waals surface area (Å²) in [6.45, 7) is 3.82. The minimum absolute atomic E-state index is 0.0360. The standard InChI is InChI=1S/C16H16ClNO/c1-11-8-9-14(10-15(11)17)18-16(19)12(2)13-6-4-3-5-7-13/h3-10,12H,1-2H3,(H,18,19)/t12-/m1/s1. The molecule has 1 N–H and O–H groups in total. The van der Waals surface area contributed by atoms with E-state index < -0.39 is 0 Å². The minimum Gasteiger partial charge on any atom is -0.326 e. The number of carbonyl (C=O) groups is 1. The van der Waals surface area contributed by atoms with E-state index in [9.17, 15) is 4.79 Å². The van der Waals surface area contributed by atoms with Gasteiger partial charge in [-0.3, -0.25) is 4.79 Å². The van der Waals surface area contributed by atoms with Crippen LogP contribution in [0.5, 0.6) is 0 Å². The lowest BCUT2D eigenvalue weighted by Crippen LogP contribution is -2.18. The fourth-order valence-electron chi connectivity index (χ4n) is 1.81. The van der Waals surface area contributed by atoms with Crippen LogP contribution in [0.1, 0.15) is 24.0 Å². The van der Waals surface area contributed by atoms with E-state index in [0.717, 1.165) is 16.8 Å². The maximum atomic E-state index is 12.2. The van der Waals surface area contributed by atoms with Gasteiger partial charge in [0.15, 0.2) is 0 Å². The Bertz CT molecular complexity index is 581. The summed E-state index contributed by atoms with van der Waals surface area (Å²) >= 11 is 6.04. The predicted molar refractivity (Wildman–Crippen MR) is 79.7 cm³/mol. The number of hydrogen-bond acceptors (Lipinski definition) is 1. The lowest BCUT2D eigenvalue weighted by atomic mass is 10.0. The molecule has 0 bridgehead atoms. The fraction of sp³-hybridized carbons (Fsp3) is 0.188. The second-order valence-corrected chi connectivity index (χ2v) is 4.99. The SMILES string of the molecule is Cc1ccc(NC(=O)[C@H](C)c2ccccc2)cc1Cl. The third-order valence-electron chi connectivity index (χ3n) is 3.13. The number of aryl methyl sites for hydroxylation is 1. The van der Waals surface area contributed by atoms with Gasteiger partial charge in [0.2, 0.25) is 5.91 Å². The van der Waals surface area contributed by atoms with Crippen LogP contribution in [0.2, 0.25) is 5.02 Å². The molecule has 0 aliphatic carbocycles. The molecule has 2 rings (SSSR count). The molecule has 3 heteroatoms. The highest BCUT2D eigenvalue weighted by molar-refractivity contribution is 6.31. The Morgan fingerprint density at radius 2 is 1.84 bits per heavy atom. The maximum Gasteiger partial charge on any atom is 0.231 e. The summed E-state index contributed by atoms with van der Waals surface area (Å²) in [5, 5.41) is 3.54. The average Bonchev–Trinajstić information content (AvgIpc) is 2.43. The Morgan fingerprint density at radius 3 is 2.47 bits per heavy atom. The molecular formula is C16H16ClNO. The van der Waals surface area contributed by atoms with Crippen LogP contribution in [-0.2, 0) is 4.79 Å². The Labute approximate surface area is 118 Å². The highest BCUT2D eigenvalue weighted by Crippen LogP contribution is 2.22. The highest BCUT2D eigenvalue weighted by Gasteiger charge is 2.15. The molecule has 98 valence electrons. The molecule has 19 heavy (non-hydrogen) atoms. The van der Waals surface area contributed by atoms with E-state index in [1.165, 1.54) is 0 Å². The summed E-state index contributed by atoms with van der Waals surface area (Å²) in [5.41, 5.74) is 2.72. The molecule has 1 atom stereocenters. The van der Waals surface area contributed by atoms with Gasteiger partial charge < -0.3 is 5.32 Å². The quantitative estimate of drug-likeness (QED) is 0.883. The zero-order valence-electron chi connectivity index (χ0n) is 11.0. The van der Waals surface area contributed by atoms with E-state index in [0.29, 0.717) is 5.02 Å². The van der Waals surface area contributed by atoms with E-state index >= 15 is 0 Å². The lowest BCUT2D eigenvalue weighted by molar-refractivity contribution is -0.117. The molecule has 0 heterocycles. The smallest absolute Gasteiger partial charge is 0.231 e. The monoisotopic (exact) mass is 273 g/mol. The van der Waals surface area contributed by atoms with Crippen molar-refractivity contribution in [1.29, 1.82) is 0 Å². The van der Waals surface area contributed by atoms with Crippen molar-refractivity contribution in [3.63, 3.8) is 0 Å². The number of anilines is 1. The van der Waals surface area contributed by atoms with E-state index in [1.54, 1.807) is 6.07 Å². The summed E-state index contributed by atoms with van der Waals surface area (Å²) < 4.78 is 0. The van der Waals surface area contributed by atoms with Gasteiger partial charge in [-0.25, -0.2) is 0 Å². The molecule has 1 amide bonds. The zero-order chi connectivity index (χ0) is 13.8. The third kappa shape index (κ3) is 3.36. The summed E-state index contributed by atoms with van der Waals surface area (Å²) in [4.78, 5) is 12.2. The first-order valence-electron chi connectivity index (χ1n) is 6.20. The summed E-state index contributed by atoms with van der Waals surface area (Å²) in [5.74, 6) is -0.229. The van der Waals surface area contributed by atoms with Crippen LogP contribution in [0.4, 0.5) is 5.69 Å². The number of benzene rings is 2.